The largest absolute Gasteiger partial charge is 0.394 e. The predicted octanol–water partition coefficient (Wildman–Crippen LogP) is 1.81. The van der Waals surface area contributed by atoms with Crippen LogP contribution < -0.4 is 5.32 Å². The maximum atomic E-state index is 12.6. The zero-order chi connectivity index (χ0) is 14.5. The van der Waals surface area contributed by atoms with Crippen molar-refractivity contribution in [3.05, 3.63) is 23.4 Å². The molecule has 1 fully saturated rings. The van der Waals surface area contributed by atoms with Crippen LogP contribution in [0.3, 0.4) is 0 Å². The number of piperidine rings is 1. The summed E-state index contributed by atoms with van der Waals surface area (Å²) < 4.78 is 0. The standard InChI is InChI=1S/C15H23N3O2/c1-3-16-14-9-12(8-11(2)17-14)15(20)18-7-5-4-6-13(18)10-19/h8-9,13,19H,3-7,10H2,1-2H3,(H,16,17). The van der Waals surface area contributed by atoms with E-state index < -0.39 is 0 Å². The minimum absolute atomic E-state index is 0.00611. The number of nitrogens with one attached hydrogen (secondary N) is 1. The molecule has 2 rings (SSSR count). The van der Waals surface area contributed by atoms with Crippen LogP contribution in [0.1, 0.15) is 42.2 Å². The van der Waals surface area contributed by atoms with Gasteiger partial charge in [0.1, 0.15) is 5.82 Å². The van der Waals surface area contributed by atoms with E-state index in [1.165, 1.54) is 0 Å². The maximum absolute atomic E-state index is 12.6. The predicted molar refractivity (Wildman–Crippen MR) is 78.9 cm³/mol. The Morgan fingerprint density at radius 3 is 3.00 bits per heavy atom. The minimum atomic E-state index is -0.0488. The molecular weight excluding hydrogens is 254 g/mol. The van der Waals surface area contributed by atoms with Crippen molar-refractivity contribution in [3.63, 3.8) is 0 Å². The monoisotopic (exact) mass is 277 g/mol. The Labute approximate surface area is 120 Å². The molecule has 0 spiro atoms. The Morgan fingerprint density at radius 2 is 2.30 bits per heavy atom. The smallest absolute Gasteiger partial charge is 0.254 e. The van der Waals surface area contributed by atoms with Gasteiger partial charge >= 0.3 is 0 Å². The van der Waals surface area contributed by atoms with Crippen molar-refractivity contribution < 1.29 is 9.90 Å². The van der Waals surface area contributed by atoms with Gasteiger partial charge < -0.3 is 15.3 Å². The molecule has 1 aliphatic heterocycles. The van der Waals surface area contributed by atoms with Crippen molar-refractivity contribution in [2.45, 2.75) is 39.2 Å². The molecule has 1 aromatic heterocycles. The van der Waals surface area contributed by atoms with Crippen LogP contribution in [-0.2, 0) is 0 Å². The average Bonchev–Trinajstić information content (AvgIpc) is 2.46. The molecule has 1 saturated heterocycles. The number of carbonyl (C=O) groups is 1. The quantitative estimate of drug-likeness (QED) is 0.881. The molecule has 0 aliphatic carbocycles. The first-order valence-electron chi connectivity index (χ1n) is 7.30. The molecular formula is C15H23N3O2. The van der Waals surface area contributed by atoms with Crippen molar-refractivity contribution >= 4 is 11.7 Å². The summed E-state index contributed by atoms with van der Waals surface area (Å²) in [7, 11) is 0. The van der Waals surface area contributed by atoms with E-state index in [2.05, 4.69) is 10.3 Å². The average molecular weight is 277 g/mol. The molecule has 1 aromatic rings. The number of pyridine rings is 1. The molecule has 2 heterocycles. The Balaban J connectivity index is 2.23. The topological polar surface area (TPSA) is 65.5 Å². The van der Waals surface area contributed by atoms with E-state index in [0.29, 0.717) is 5.56 Å². The number of aryl methyl sites for hydroxylation is 1. The molecule has 1 atom stereocenters. The highest BCUT2D eigenvalue weighted by Crippen LogP contribution is 2.20. The first kappa shape index (κ1) is 14.8. The summed E-state index contributed by atoms with van der Waals surface area (Å²) in [6, 6.07) is 3.56. The van der Waals surface area contributed by atoms with Gasteiger partial charge in [0.05, 0.1) is 12.6 Å². The van der Waals surface area contributed by atoms with Gasteiger partial charge in [0.25, 0.3) is 5.91 Å². The highest BCUT2D eigenvalue weighted by molar-refractivity contribution is 5.95. The first-order valence-corrected chi connectivity index (χ1v) is 7.30. The fraction of sp³-hybridized carbons (Fsp3) is 0.600. The molecule has 1 unspecified atom stereocenters. The number of rotatable bonds is 4. The van der Waals surface area contributed by atoms with E-state index in [4.69, 9.17) is 0 Å². The van der Waals surface area contributed by atoms with E-state index >= 15 is 0 Å². The number of likely N-dealkylation sites (tertiary alicyclic amines) is 1. The lowest BCUT2D eigenvalue weighted by molar-refractivity contribution is 0.0503. The summed E-state index contributed by atoms with van der Waals surface area (Å²) in [6.45, 7) is 5.42. The number of aliphatic hydroxyl groups is 1. The second-order valence-corrected chi connectivity index (χ2v) is 5.24. The number of aromatic nitrogens is 1. The van der Waals surface area contributed by atoms with Crippen LogP contribution in [0.25, 0.3) is 0 Å². The third-order valence-electron chi connectivity index (χ3n) is 3.66. The summed E-state index contributed by atoms with van der Waals surface area (Å²) >= 11 is 0. The lowest BCUT2D eigenvalue weighted by Gasteiger charge is -2.34. The fourth-order valence-electron chi connectivity index (χ4n) is 2.69. The van der Waals surface area contributed by atoms with Gasteiger partial charge in [-0.2, -0.15) is 0 Å². The Hall–Kier alpha value is -1.62. The molecule has 2 N–H and O–H groups in total. The van der Waals surface area contributed by atoms with Crippen LogP contribution in [0, 0.1) is 6.92 Å². The summed E-state index contributed by atoms with van der Waals surface area (Å²) in [5.74, 6) is 0.724. The van der Waals surface area contributed by atoms with Crippen LogP contribution in [0.5, 0.6) is 0 Å². The number of hydrogen-bond acceptors (Lipinski definition) is 4. The van der Waals surface area contributed by atoms with Crippen molar-refractivity contribution in [2.75, 3.05) is 25.0 Å². The van der Waals surface area contributed by atoms with Gasteiger partial charge in [-0.3, -0.25) is 4.79 Å². The zero-order valence-electron chi connectivity index (χ0n) is 12.2. The van der Waals surface area contributed by atoms with Gasteiger partial charge in [-0.1, -0.05) is 0 Å². The van der Waals surface area contributed by atoms with Crippen molar-refractivity contribution in [1.29, 1.82) is 0 Å². The molecule has 0 bridgehead atoms. The molecule has 20 heavy (non-hydrogen) atoms. The van der Waals surface area contributed by atoms with Gasteiger partial charge in [0.15, 0.2) is 0 Å². The summed E-state index contributed by atoms with van der Waals surface area (Å²) in [5.41, 5.74) is 1.47. The van der Waals surface area contributed by atoms with E-state index in [-0.39, 0.29) is 18.6 Å². The minimum Gasteiger partial charge on any atom is -0.394 e. The van der Waals surface area contributed by atoms with Gasteiger partial charge in [0, 0.05) is 24.3 Å². The van der Waals surface area contributed by atoms with E-state index in [1.807, 2.05) is 19.9 Å². The van der Waals surface area contributed by atoms with Crippen LogP contribution in [0.4, 0.5) is 5.82 Å². The molecule has 5 nitrogen and oxygen atoms in total. The van der Waals surface area contributed by atoms with Gasteiger partial charge in [-0.05, 0) is 45.2 Å². The van der Waals surface area contributed by atoms with Crippen molar-refractivity contribution in [3.8, 4) is 0 Å². The summed E-state index contributed by atoms with van der Waals surface area (Å²) in [6.07, 6.45) is 2.96. The van der Waals surface area contributed by atoms with Crippen molar-refractivity contribution in [2.24, 2.45) is 0 Å². The Kier molecular flexibility index (Phi) is 4.95. The molecule has 0 aromatic carbocycles. The lowest BCUT2D eigenvalue weighted by Crippen LogP contribution is -2.45. The molecule has 110 valence electrons. The summed E-state index contributed by atoms with van der Waals surface area (Å²) in [4.78, 5) is 18.8. The van der Waals surface area contributed by atoms with Gasteiger partial charge in [-0.15, -0.1) is 0 Å². The molecule has 1 aliphatic rings. The highest BCUT2D eigenvalue weighted by atomic mass is 16.3. The van der Waals surface area contributed by atoms with Crippen LogP contribution >= 0.6 is 0 Å². The third-order valence-corrected chi connectivity index (χ3v) is 3.66. The first-order chi connectivity index (χ1) is 9.65. The van der Waals surface area contributed by atoms with E-state index in [0.717, 1.165) is 43.9 Å². The second-order valence-electron chi connectivity index (χ2n) is 5.24. The van der Waals surface area contributed by atoms with E-state index in [1.54, 1.807) is 11.0 Å². The number of nitrogens with zero attached hydrogens (tertiary/aromatic N) is 2. The highest BCUT2D eigenvalue weighted by Gasteiger charge is 2.27. The zero-order valence-corrected chi connectivity index (χ0v) is 12.2. The number of hydrogen-bond donors (Lipinski definition) is 2. The third kappa shape index (κ3) is 3.28. The Bertz CT molecular complexity index is 476. The van der Waals surface area contributed by atoms with Gasteiger partial charge in [-0.25, -0.2) is 4.98 Å². The van der Waals surface area contributed by atoms with Crippen LogP contribution in [-0.4, -0.2) is 46.6 Å². The molecule has 0 saturated carbocycles. The van der Waals surface area contributed by atoms with Crippen LogP contribution in [0.15, 0.2) is 12.1 Å². The fourth-order valence-corrected chi connectivity index (χ4v) is 2.69. The second kappa shape index (κ2) is 6.70. The number of aliphatic hydroxyl groups excluding tert-OH is 1. The van der Waals surface area contributed by atoms with E-state index in [9.17, 15) is 9.90 Å². The number of anilines is 1. The maximum Gasteiger partial charge on any atom is 0.254 e. The lowest BCUT2D eigenvalue weighted by atomic mass is 10.0. The molecule has 5 heteroatoms. The van der Waals surface area contributed by atoms with Crippen molar-refractivity contribution in [1.82, 2.24) is 9.88 Å². The SMILES string of the molecule is CCNc1cc(C(=O)N2CCCCC2CO)cc(C)n1. The van der Waals surface area contributed by atoms with Crippen LogP contribution in [0.2, 0.25) is 0 Å². The number of carbonyl (C=O) groups excluding carboxylic acids is 1. The molecule has 1 amide bonds. The Morgan fingerprint density at radius 1 is 1.50 bits per heavy atom. The summed E-state index contributed by atoms with van der Waals surface area (Å²) in [5, 5.41) is 12.6. The molecule has 0 radical (unpaired) electrons. The van der Waals surface area contributed by atoms with Gasteiger partial charge in [0.2, 0.25) is 0 Å². The number of amides is 1. The normalized spacial score (nSPS) is 18.9.